The Kier molecular flexibility index (Phi) is 3.37. The summed E-state index contributed by atoms with van der Waals surface area (Å²) in [5, 5.41) is 12.6. The molecule has 1 aliphatic rings. The smallest absolute Gasteiger partial charge is 0.255 e. The van der Waals surface area contributed by atoms with E-state index in [2.05, 4.69) is 36.8 Å². The van der Waals surface area contributed by atoms with Crippen LogP contribution in [0.1, 0.15) is 23.2 Å². The first-order valence-corrected chi connectivity index (χ1v) is 5.77. The van der Waals surface area contributed by atoms with Gasteiger partial charge in [-0.15, -0.1) is 0 Å². The number of rotatable bonds is 3. The average molecular weight is 273 g/mol. The summed E-state index contributed by atoms with van der Waals surface area (Å²) < 4.78 is 0.624. The number of hydrogen-bond acceptors (Lipinski definition) is 3. The van der Waals surface area contributed by atoms with Crippen molar-refractivity contribution < 1.29 is 4.79 Å². The molecule has 5 nitrogen and oxygen atoms in total. The van der Waals surface area contributed by atoms with Crippen molar-refractivity contribution >= 4 is 21.8 Å². The van der Waals surface area contributed by atoms with E-state index in [0.29, 0.717) is 22.8 Å². The summed E-state index contributed by atoms with van der Waals surface area (Å²) >= 11 is 3.23. The van der Waals surface area contributed by atoms with Gasteiger partial charge in [-0.1, -0.05) is 0 Å². The maximum absolute atomic E-state index is 11.7. The van der Waals surface area contributed by atoms with Gasteiger partial charge in [0.2, 0.25) is 0 Å². The third-order valence-electron chi connectivity index (χ3n) is 2.51. The van der Waals surface area contributed by atoms with Crippen LogP contribution in [0, 0.1) is 0 Å². The molecule has 1 amide bonds. The summed E-state index contributed by atoms with van der Waals surface area (Å²) in [6.07, 6.45) is 3.84. The highest BCUT2D eigenvalue weighted by molar-refractivity contribution is 9.10. The lowest BCUT2D eigenvalue weighted by atomic mass is 10.2. The van der Waals surface area contributed by atoms with Crippen LogP contribution in [0.15, 0.2) is 10.8 Å². The van der Waals surface area contributed by atoms with Crippen LogP contribution in [0.5, 0.6) is 0 Å². The topological polar surface area (TPSA) is 69.8 Å². The van der Waals surface area contributed by atoms with Gasteiger partial charge in [-0.3, -0.25) is 9.89 Å². The van der Waals surface area contributed by atoms with Crippen LogP contribution in [0.3, 0.4) is 0 Å². The number of aromatic amines is 1. The Labute approximate surface area is 96.1 Å². The summed E-state index contributed by atoms with van der Waals surface area (Å²) in [6, 6.07) is 0.416. The Morgan fingerprint density at radius 1 is 1.73 bits per heavy atom. The van der Waals surface area contributed by atoms with Gasteiger partial charge in [0.1, 0.15) is 4.60 Å². The minimum atomic E-state index is -0.0932. The van der Waals surface area contributed by atoms with Gasteiger partial charge in [-0.05, 0) is 35.3 Å². The zero-order valence-electron chi connectivity index (χ0n) is 8.22. The molecule has 2 rings (SSSR count). The van der Waals surface area contributed by atoms with E-state index in [1.54, 1.807) is 0 Å². The lowest BCUT2D eigenvalue weighted by Crippen LogP contribution is -2.37. The van der Waals surface area contributed by atoms with E-state index in [9.17, 15) is 4.79 Å². The molecular formula is C9H13BrN4O. The number of hydrogen-bond donors (Lipinski definition) is 3. The first-order valence-electron chi connectivity index (χ1n) is 4.98. The van der Waals surface area contributed by atoms with Gasteiger partial charge in [0, 0.05) is 12.6 Å². The van der Waals surface area contributed by atoms with E-state index in [1.165, 1.54) is 12.6 Å². The van der Waals surface area contributed by atoms with Gasteiger partial charge in [-0.2, -0.15) is 5.10 Å². The molecule has 15 heavy (non-hydrogen) atoms. The number of amides is 1. The van der Waals surface area contributed by atoms with E-state index >= 15 is 0 Å². The fourth-order valence-electron chi connectivity index (χ4n) is 1.67. The van der Waals surface area contributed by atoms with Crippen LogP contribution in [0.4, 0.5) is 0 Å². The highest BCUT2D eigenvalue weighted by atomic mass is 79.9. The van der Waals surface area contributed by atoms with Crippen molar-refractivity contribution in [3.8, 4) is 0 Å². The third-order valence-corrected chi connectivity index (χ3v) is 3.11. The highest BCUT2D eigenvalue weighted by Gasteiger charge is 2.16. The molecule has 0 aliphatic carbocycles. The lowest BCUT2D eigenvalue weighted by Gasteiger charge is -2.10. The van der Waals surface area contributed by atoms with Crippen molar-refractivity contribution in [1.29, 1.82) is 0 Å². The second-order valence-electron chi connectivity index (χ2n) is 3.60. The van der Waals surface area contributed by atoms with Crippen molar-refractivity contribution in [2.75, 3.05) is 13.1 Å². The summed E-state index contributed by atoms with van der Waals surface area (Å²) in [5.41, 5.74) is 0.549. The van der Waals surface area contributed by atoms with Crippen molar-refractivity contribution in [2.24, 2.45) is 0 Å². The van der Waals surface area contributed by atoms with Crippen LogP contribution in [0.25, 0.3) is 0 Å². The van der Waals surface area contributed by atoms with Crippen LogP contribution >= 0.6 is 15.9 Å². The van der Waals surface area contributed by atoms with E-state index < -0.39 is 0 Å². The van der Waals surface area contributed by atoms with Crippen LogP contribution in [-0.4, -0.2) is 35.2 Å². The molecule has 6 heteroatoms. The van der Waals surface area contributed by atoms with Crippen molar-refractivity contribution in [3.63, 3.8) is 0 Å². The maximum Gasteiger partial charge on any atom is 0.255 e. The highest BCUT2D eigenvalue weighted by Crippen LogP contribution is 2.11. The minimum Gasteiger partial charge on any atom is -0.350 e. The quantitative estimate of drug-likeness (QED) is 0.757. The Hall–Kier alpha value is -0.880. The molecule has 0 aromatic carbocycles. The third kappa shape index (κ3) is 2.57. The van der Waals surface area contributed by atoms with E-state index in [0.717, 1.165) is 13.0 Å². The van der Waals surface area contributed by atoms with Gasteiger partial charge < -0.3 is 10.6 Å². The number of aromatic nitrogens is 2. The fourth-order valence-corrected chi connectivity index (χ4v) is 2.06. The Balaban J connectivity index is 1.84. The second-order valence-corrected chi connectivity index (χ2v) is 4.39. The van der Waals surface area contributed by atoms with Crippen molar-refractivity contribution in [1.82, 2.24) is 20.8 Å². The molecule has 0 radical (unpaired) electrons. The van der Waals surface area contributed by atoms with Crippen molar-refractivity contribution in [3.05, 3.63) is 16.4 Å². The van der Waals surface area contributed by atoms with Gasteiger partial charge in [0.05, 0.1) is 11.8 Å². The molecule has 2 heterocycles. The molecule has 1 aromatic rings. The molecule has 0 saturated carbocycles. The monoisotopic (exact) mass is 272 g/mol. The molecule has 1 aromatic heterocycles. The number of carbonyl (C=O) groups is 1. The molecule has 0 spiro atoms. The van der Waals surface area contributed by atoms with Crippen LogP contribution < -0.4 is 10.6 Å². The van der Waals surface area contributed by atoms with E-state index in [-0.39, 0.29) is 5.91 Å². The number of nitrogens with one attached hydrogen (secondary N) is 3. The summed E-state index contributed by atoms with van der Waals surface area (Å²) in [4.78, 5) is 11.7. The first-order chi connectivity index (χ1) is 7.27. The number of halogens is 1. The molecule has 0 bridgehead atoms. The maximum atomic E-state index is 11.7. The molecule has 1 aliphatic heterocycles. The summed E-state index contributed by atoms with van der Waals surface area (Å²) in [6.45, 7) is 1.73. The summed E-state index contributed by atoms with van der Waals surface area (Å²) in [5.74, 6) is -0.0932. The zero-order chi connectivity index (χ0) is 10.7. The average Bonchev–Trinajstić information content (AvgIpc) is 2.84. The zero-order valence-corrected chi connectivity index (χ0v) is 9.80. The standard InChI is InChI=1S/C9H13BrN4O/c10-8-7(5-13-14-8)9(15)12-4-6-2-1-3-11-6/h5-6,11H,1-4H2,(H,12,15)(H,13,14). The molecule has 1 fully saturated rings. The van der Waals surface area contributed by atoms with Crippen LogP contribution in [-0.2, 0) is 0 Å². The summed E-state index contributed by atoms with van der Waals surface area (Å²) in [7, 11) is 0. The SMILES string of the molecule is O=C(NCC1CCCN1)c1cn[nH]c1Br. The normalized spacial score (nSPS) is 20.5. The predicted octanol–water partition coefficient (Wildman–Crippen LogP) is 0.654. The Bertz CT molecular complexity index is 346. The van der Waals surface area contributed by atoms with Gasteiger partial charge in [-0.25, -0.2) is 0 Å². The van der Waals surface area contributed by atoms with E-state index in [1.807, 2.05) is 0 Å². The molecule has 1 unspecified atom stereocenters. The fraction of sp³-hybridized carbons (Fsp3) is 0.556. The number of H-pyrrole nitrogens is 1. The number of carbonyl (C=O) groups excluding carboxylic acids is 1. The number of nitrogens with zero attached hydrogens (tertiary/aromatic N) is 1. The van der Waals surface area contributed by atoms with Crippen molar-refractivity contribution in [2.45, 2.75) is 18.9 Å². The first kappa shape index (κ1) is 10.6. The van der Waals surface area contributed by atoms with Gasteiger partial charge >= 0.3 is 0 Å². The van der Waals surface area contributed by atoms with E-state index in [4.69, 9.17) is 0 Å². The Morgan fingerprint density at radius 2 is 2.60 bits per heavy atom. The molecule has 3 N–H and O–H groups in total. The largest absolute Gasteiger partial charge is 0.350 e. The molecular weight excluding hydrogens is 260 g/mol. The van der Waals surface area contributed by atoms with Gasteiger partial charge in [0.25, 0.3) is 5.91 Å². The molecule has 82 valence electrons. The van der Waals surface area contributed by atoms with Gasteiger partial charge in [0.15, 0.2) is 0 Å². The minimum absolute atomic E-state index is 0.0932. The Morgan fingerprint density at radius 3 is 3.20 bits per heavy atom. The second kappa shape index (κ2) is 4.76. The molecule has 1 saturated heterocycles. The predicted molar refractivity (Wildman–Crippen MR) is 59.6 cm³/mol. The molecule has 1 atom stereocenters. The lowest BCUT2D eigenvalue weighted by molar-refractivity contribution is 0.0949. The van der Waals surface area contributed by atoms with Crippen LogP contribution in [0.2, 0.25) is 0 Å².